The van der Waals surface area contributed by atoms with Gasteiger partial charge in [-0.2, -0.15) is 0 Å². The molecule has 0 aliphatic rings. The van der Waals surface area contributed by atoms with E-state index in [1.54, 1.807) is 0 Å². The predicted octanol–water partition coefficient (Wildman–Crippen LogP) is 15.4. The lowest BCUT2D eigenvalue weighted by Crippen LogP contribution is -2.12. The van der Waals surface area contributed by atoms with E-state index in [4.69, 9.17) is 0 Å². The molecular weight excluding hydrogens is 677 g/mol. The third-order valence-corrected chi connectivity index (χ3v) is 10.8. The van der Waals surface area contributed by atoms with Crippen molar-refractivity contribution in [2.24, 2.45) is 0 Å². The second kappa shape index (κ2) is 14.4. The van der Waals surface area contributed by atoms with Crippen molar-refractivity contribution in [3.05, 3.63) is 231 Å². The SMILES string of the molecule is c1ccc(-c2c3ccccc3c(-c3ccc(N(c4ccccc4)c4ccc(N(c5ccccc5)c5cccc6ccccc56)cc4)cc3)c3ccccc23)cc1. The summed E-state index contributed by atoms with van der Waals surface area (Å²) in [6.45, 7) is 0. The molecule has 0 unspecified atom stereocenters. The molecule has 0 N–H and O–H groups in total. The highest BCUT2D eigenvalue weighted by molar-refractivity contribution is 6.21. The standard InChI is InChI=1S/C54H38N2/c1-4-18-40(19-5-1)53-48-26-12-14-28-50(48)54(51-29-15-13-27-49(51)53)41-31-33-44(34-32-41)55(42-21-6-2-7-22-42)45-35-37-46(38-36-45)56(43-23-8-3-9-24-43)52-30-16-20-39-17-10-11-25-47(39)52/h1-38H. The van der Waals surface area contributed by atoms with E-state index in [1.807, 2.05) is 0 Å². The van der Waals surface area contributed by atoms with Gasteiger partial charge >= 0.3 is 0 Å². The van der Waals surface area contributed by atoms with E-state index in [2.05, 4.69) is 240 Å². The number of nitrogens with zero attached hydrogens (tertiary/aromatic N) is 2. The monoisotopic (exact) mass is 714 g/mol. The van der Waals surface area contributed by atoms with Crippen molar-refractivity contribution in [1.82, 2.24) is 0 Å². The molecule has 0 aliphatic heterocycles. The molecule has 0 bridgehead atoms. The molecule has 0 saturated carbocycles. The fourth-order valence-electron chi connectivity index (χ4n) is 8.32. The molecule has 0 atom stereocenters. The maximum absolute atomic E-state index is 2.35. The summed E-state index contributed by atoms with van der Waals surface area (Å²) in [5, 5.41) is 7.45. The van der Waals surface area contributed by atoms with Gasteiger partial charge in [0.25, 0.3) is 0 Å². The van der Waals surface area contributed by atoms with E-state index in [0.29, 0.717) is 0 Å². The van der Waals surface area contributed by atoms with Crippen molar-refractivity contribution in [3.8, 4) is 22.3 Å². The zero-order chi connectivity index (χ0) is 37.3. The van der Waals surface area contributed by atoms with Gasteiger partial charge in [0.05, 0.1) is 5.69 Å². The van der Waals surface area contributed by atoms with Crippen LogP contribution in [0.2, 0.25) is 0 Å². The summed E-state index contributed by atoms with van der Waals surface area (Å²) in [7, 11) is 0. The van der Waals surface area contributed by atoms with Crippen LogP contribution in [0.5, 0.6) is 0 Å². The minimum Gasteiger partial charge on any atom is -0.311 e. The van der Waals surface area contributed by atoms with Crippen molar-refractivity contribution in [3.63, 3.8) is 0 Å². The molecule has 10 aromatic carbocycles. The van der Waals surface area contributed by atoms with Crippen LogP contribution in [0.15, 0.2) is 231 Å². The molecule has 56 heavy (non-hydrogen) atoms. The number of rotatable bonds is 8. The highest BCUT2D eigenvalue weighted by Crippen LogP contribution is 2.45. The molecule has 0 aromatic heterocycles. The normalized spacial score (nSPS) is 11.2. The van der Waals surface area contributed by atoms with Crippen LogP contribution < -0.4 is 9.80 Å². The Morgan fingerprint density at radius 3 is 1.07 bits per heavy atom. The summed E-state index contributed by atoms with van der Waals surface area (Å²) in [6.07, 6.45) is 0. The molecular formula is C54H38N2. The minimum atomic E-state index is 1.08. The van der Waals surface area contributed by atoms with Gasteiger partial charge in [0.15, 0.2) is 0 Å². The van der Waals surface area contributed by atoms with Crippen molar-refractivity contribution < 1.29 is 0 Å². The zero-order valence-corrected chi connectivity index (χ0v) is 30.8. The first kappa shape index (κ1) is 33.2. The molecule has 0 spiro atoms. The molecule has 2 heteroatoms. The summed E-state index contributed by atoms with van der Waals surface area (Å²) >= 11 is 0. The molecule has 264 valence electrons. The largest absolute Gasteiger partial charge is 0.311 e. The van der Waals surface area contributed by atoms with E-state index in [0.717, 1.165) is 34.1 Å². The highest BCUT2D eigenvalue weighted by atomic mass is 15.2. The lowest BCUT2D eigenvalue weighted by atomic mass is 9.86. The number of hydrogen-bond donors (Lipinski definition) is 0. The van der Waals surface area contributed by atoms with Gasteiger partial charge in [-0.15, -0.1) is 0 Å². The number of benzene rings is 10. The molecule has 10 aromatic rings. The van der Waals surface area contributed by atoms with Crippen LogP contribution >= 0.6 is 0 Å². The number of hydrogen-bond acceptors (Lipinski definition) is 2. The Kier molecular flexibility index (Phi) is 8.55. The fraction of sp³-hybridized carbons (Fsp3) is 0. The van der Waals surface area contributed by atoms with E-state index >= 15 is 0 Å². The van der Waals surface area contributed by atoms with Gasteiger partial charge in [-0.3, -0.25) is 0 Å². The van der Waals surface area contributed by atoms with Crippen LogP contribution in [-0.4, -0.2) is 0 Å². The third-order valence-electron chi connectivity index (χ3n) is 10.8. The quantitative estimate of drug-likeness (QED) is 0.145. The van der Waals surface area contributed by atoms with E-state index in [9.17, 15) is 0 Å². The lowest BCUT2D eigenvalue weighted by molar-refractivity contribution is 1.26. The van der Waals surface area contributed by atoms with Gasteiger partial charge in [-0.25, -0.2) is 0 Å². The van der Waals surface area contributed by atoms with Crippen molar-refractivity contribution in [2.75, 3.05) is 9.80 Å². The lowest BCUT2D eigenvalue weighted by Gasteiger charge is -2.29. The van der Waals surface area contributed by atoms with Crippen LogP contribution in [0, 0.1) is 0 Å². The number of anilines is 6. The summed E-state index contributed by atoms with van der Waals surface area (Å²) < 4.78 is 0. The molecule has 0 radical (unpaired) electrons. The van der Waals surface area contributed by atoms with E-state index in [-0.39, 0.29) is 0 Å². The van der Waals surface area contributed by atoms with Gasteiger partial charge in [0.2, 0.25) is 0 Å². The molecule has 0 saturated heterocycles. The summed E-state index contributed by atoms with van der Waals surface area (Å²) in [4.78, 5) is 4.69. The van der Waals surface area contributed by atoms with Crippen LogP contribution in [-0.2, 0) is 0 Å². The summed E-state index contributed by atoms with van der Waals surface area (Å²) in [5.74, 6) is 0. The second-order valence-electron chi connectivity index (χ2n) is 14.1. The van der Waals surface area contributed by atoms with Gasteiger partial charge in [-0.1, -0.05) is 164 Å². The zero-order valence-electron chi connectivity index (χ0n) is 30.8. The first-order chi connectivity index (χ1) is 27.8. The average molecular weight is 715 g/mol. The Labute approximate surface area is 327 Å². The van der Waals surface area contributed by atoms with Gasteiger partial charge in [0, 0.05) is 33.8 Å². The third kappa shape index (κ3) is 5.95. The fourth-order valence-corrected chi connectivity index (χ4v) is 8.32. The Bertz CT molecular complexity index is 2880. The van der Waals surface area contributed by atoms with Crippen LogP contribution in [0.3, 0.4) is 0 Å². The van der Waals surface area contributed by atoms with Crippen molar-refractivity contribution in [2.45, 2.75) is 0 Å². The van der Waals surface area contributed by atoms with E-state index < -0.39 is 0 Å². The van der Waals surface area contributed by atoms with Gasteiger partial charge in [0.1, 0.15) is 0 Å². The Hall–Kier alpha value is -7.42. The Balaban J connectivity index is 1.08. The summed E-state index contributed by atoms with van der Waals surface area (Å²) in [5.41, 5.74) is 11.6. The second-order valence-corrected chi connectivity index (χ2v) is 14.1. The summed E-state index contributed by atoms with van der Waals surface area (Å²) in [6, 6.07) is 82.9. The predicted molar refractivity (Wildman–Crippen MR) is 239 cm³/mol. The van der Waals surface area contributed by atoms with Crippen LogP contribution in [0.4, 0.5) is 34.1 Å². The minimum absolute atomic E-state index is 1.08. The van der Waals surface area contributed by atoms with Crippen molar-refractivity contribution >= 4 is 66.4 Å². The first-order valence-corrected chi connectivity index (χ1v) is 19.2. The van der Waals surface area contributed by atoms with E-state index in [1.165, 1.54) is 54.6 Å². The molecule has 10 rings (SSSR count). The average Bonchev–Trinajstić information content (AvgIpc) is 3.28. The van der Waals surface area contributed by atoms with Crippen LogP contribution in [0.1, 0.15) is 0 Å². The Morgan fingerprint density at radius 1 is 0.214 bits per heavy atom. The Morgan fingerprint density at radius 2 is 0.554 bits per heavy atom. The molecule has 0 aliphatic carbocycles. The van der Waals surface area contributed by atoms with Gasteiger partial charge in [-0.05, 0) is 116 Å². The smallest absolute Gasteiger partial charge is 0.0540 e. The number of fused-ring (bicyclic) bond motifs is 3. The van der Waals surface area contributed by atoms with Gasteiger partial charge < -0.3 is 9.80 Å². The molecule has 2 nitrogen and oxygen atoms in total. The highest BCUT2D eigenvalue weighted by Gasteiger charge is 2.19. The van der Waals surface area contributed by atoms with Crippen molar-refractivity contribution in [1.29, 1.82) is 0 Å². The maximum atomic E-state index is 2.35. The number of para-hydroxylation sites is 2. The van der Waals surface area contributed by atoms with Crippen LogP contribution in [0.25, 0.3) is 54.6 Å². The topological polar surface area (TPSA) is 6.48 Å². The first-order valence-electron chi connectivity index (χ1n) is 19.2. The molecule has 0 heterocycles. The molecule has 0 amide bonds. The molecule has 0 fully saturated rings. The maximum Gasteiger partial charge on any atom is 0.0540 e.